The van der Waals surface area contributed by atoms with Gasteiger partial charge < -0.3 is 9.64 Å². The Morgan fingerprint density at radius 3 is 2.62 bits per heavy atom. The van der Waals surface area contributed by atoms with Crippen molar-refractivity contribution in [3.8, 4) is 0 Å². The van der Waals surface area contributed by atoms with Crippen LogP contribution in [-0.4, -0.2) is 59.8 Å². The van der Waals surface area contributed by atoms with Crippen LogP contribution in [0.5, 0.6) is 0 Å². The van der Waals surface area contributed by atoms with Gasteiger partial charge in [-0.15, -0.1) is 0 Å². The molecule has 0 spiro atoms. The first-order valence-electron chi connectivity index (χ1n) is 11.7. The van der Waals surface area contributed by atoms with E-state index in [0.717, 1.165) is 59.4 Å². The maximum absolute atomic E-state index is 13.1. The third-order valence-electron chi connectivity index (χ3n) is 6.67. The molecule has 0 amide bonds. The van der Waals surface area contributed by atoms with Crippen molar-refractivity contribution in [2.45, 2.75) is 30.8 Å². The van der Waals surface area contributed by atoms with Gasteiger partial charge in [-0.3, -0.25) is 9.69 Å². The lowest BCUT2D eigenvalue weighted by molar-refractivity contribution is -0.112. The molecule has 0 atom stereocenters. The van der Waals surface area contributed by atoms with Gasteiger partial charge in [0.2, 0.25) is 0 Å². The van der Waals surface area contributed by atoms with Crippen LogP contribution in [0, 0.1) is 0 Å². The summed E-state index contributed by atoms with van der Waals surface area (Å²) in [5, 5.41) is 1.85. The minimum Gasteiger partial charge on any atom is -0.379 e. The van der Waals surface area contributed by atoms with Gasteiger partial charge in [-0.25, -0.2) is 9.97 Å². The predicted molar refractivity (Wildman–Crippen MR) is 137 cm³/mol. The number of nitrogens with zero attached hydrogens (tertiary/aromatic N) is 4. The number of carbonyl (C=O) groups is 1. The van der Waals surface area contributed by atoms with Crippen molar-refractivity contribution in [3.63, 3.8) is 0 Å². The molecule has 7 heteroatoms. The van der Waals surface area contributed by atoms with Gasteiger partial charge in [0.1, 0.15) is 10.9 Å². The lowest BCUT2D eigenvalue weighted by atomic mass is 9.83. The minimum atomic E-state index is -0.210. The Morgan fingerprint density at radius 2 is 1.82 bits per heavy atom. The van der Waals surface area contributed by atoms with Crippen LogP contribution in [0.25, 0.3) is 10.9 Å². The van der Waals surface area contributed by atoms with Crippen LogP contribution < -0.4 is 4.90 Å². The lowest BCUT2D eigenvalue weighted by Gasteiger charge is -2.26. The first-order chi connectivity index (χ1) is 16.4. The Morgan fingerprint density at radius 1 is 1.09 bits per heavy atom. The number of thioether (sulfide) groups is 1. The molecular formula is C27H30N4O2S. The van der Waals surface area contributed by atoms with E-state index in [1.165, 1.54) is 17.3 Å². The molecule has 3 heterocycles. The number of likely N-dealkylation sites (N-methyl/N-ethyl adjacent to an activating group) is 1. The van der Waals surface area contributed by atoms with Gasteiger partial charge in [0.25, 0.3) is 0 Å². The van der Waals surface area contributed by atoms with Crippen molar-refractivity contribution < 1.29 is 9.53 Å². The number of para-hydroxylation sites is 2. The van der Waals surface area contributed by atoms with E-state index in [9.17, 15) is 4.79 Å². The number of hydrogen-bond acceptors (Lipinski definition) is 7. The number of benzene rings is 2. The van der Waals surface area contributed by atoms with Gasteiger partial charge >= 0.3 is 0 Å². The smallest absolute Gasteiger partial charge is 0.167 e. The fourth-order valence-electron chi connectivity index (χ4n) is 4.83. The monoisotopic (exact) mass is 474 g/mol. The van der Waals surface area contributed by atoms with Crippen LogP contribution in [-0.2, 0) is 21.5 Å². The summed E-state index contributed by atoms with van der Waals surface area (Å²) in [6.45, 7) is 8.30. The molecule has 3 aromatic rings. The third-order valence-corrected chi connectivity index (χ3v) is 7.69. The van der Waals surface area contributed by atoms with E-state index in [4.69, 9.17) is 14.7 Å². The zero-order valence-electron chi connectivity index (χ0n) is 20.0. The molecule has 2 aliphatic heterocycles. The predicted octanol–water partition coefficient (Wildman–Crippen LogP) is 4.43. The molecule has 2 aromatic carbocycles. The average Bonchev–Trinajstić information content (AvgIpc) is 3.04. The number of carbonyl (C=O) groups excluding carboxylic acids is 1. The Kier molecular flexibility index (Phi) is 6.42. The first-order valence-corrected chi connectivity index (χ1v) is 12.7. The quantitative estimate of drug-likeness (QED) is 0.297. The second kappa shape index (κ2) is 9.49. The normalized spacial score (nSPS) is 19.0. The number of morpholine rings is 1. The molecule has 0 aliphatic carbocycles. The molecule has 6 nitrogen and oxygen atoms in total. The molecule has 1 fully saturated rings. The zero-order chi connectivity index (χ0) is 23.7. The van der Waals surface area contributed by atoms with Crippen LogP contribution in [0.3, 0.4) is 0 Å². The maximum atomic E-state index is 13.1. The summed E-state index contributed by atoms with van der Waals surface area (Å²) in [7, 11) is 2.04. The summed E-state index contributed by atoms with van der Waals surface area (Å²) in [4.78, 5) is 27.2. The molecule has 0 bridgehead atoms. The van der Waals surface area contributed by atoms with Gasteiger partial charge in [-0.05, 0) is 17.7 Å². The molecule has 0 radical (unpaired) electrons. The fourth-order valence-corrected chi connectivity index (χ4v) is 5.69. The molecule has 0 unspecified atom stereocenters. The summed E-state index contributed by atoms with van der Waals surface area (Å²) in [5.41, 5.74) is 4.15. The van der Waals surface area contributed by atoms with Crippen molar-refractivity contribution in [3.05, 3.63) is 71.7 Å². The second-order valence-corrected chi connectivity index (χ2v) is 10.3. The number of aromatic nitrogens is 2. The molecule has 0 N–H and O–H groups in total. The highest BCUT2D eigenvalue weighted by Crippen LogP contribution is 2.46. The number of allylic oxidation sites excluding steroid dienone is 2. The number of hydrogen-bond donors (Lipinski definition) is 0. The minimum absolute atomic E-state index is 0.0881. The van der Waals surface area contributed by atoms with Crippen LogP contribution >= 0.6 is 11.8 Å². The molecule has 34 heavy (non-hydrogen) atoms. The lowest BCUT2D eigenvalue weighted by Crippen LogP contribution is -2.36. The molecular weight excluding hydrogens is 444 g/mol. The largest absolute Gasteiger partial charge is 0.379 e. The van der Waals surface area contributed by atoms with Gasteiger partial charge in [-0.2, -0.15) is 0 Å². The van der Waals surface area contributed by atoms with E-state index < -0.39 is 0 Å². The molecule has 0 saturated carbocycles. The summed E-state index contributed by atoms with van der Waals surface area (Å²) in [6.07, 6.45) is 1.81. The standard InChI is InChI=1S/C27H30N4O2S/c1-27(2)21-9-5-7-11-23(21)30(3)24(27)16-19(32)18-34-26-20-8-4-6-10-22(20)28-25(29-26)17-31-12-14-33-15-13-31/h4-11,16H,12-15,17-18H2,1-3H3. The van der Waals surface area contributed by atoms with Crippen LogP contribution in [0.4, 0.5) is 5.69 Å². The van der Waals surface area contributed by atoms with Crippen LogP contribution in [0.1, 0.15) is 25.2 Å². The fraction of sp³-hybridized carbons (Fsp3) is 0.370. The Balaban J connectivity index is 1.36. The summed E-state index contributed by atoms with van der Waals surface area (Å²) >= 11 is 1.50. The summed E-state index contributed by atoms with van der Waals surface area (Å²) in [5.74, 6) is 1.22. The highest BCUT2D eigenvalue weighted by molar-refractivity contribution is 8.00. The first kappa shape index (κ1) is 23.0. The number of rotatable bonds is 6. The van der Waals surface area contributed by atoms with E-state index in [1.54, 1.807) is 0 Å². The van der Waals surface area contributed by atoms with E-state index in [-0.39, 0.29) is 11.2 Å². The molecule has 2 aliphatic rings. The number of ether oxygens (including phenoxy) is 1. The molecule has 1 saturated heterocycles. The van der Waals surface area contributed by atoms with Gasteiger partial charge in [0.05, 0.1) is 31.0 Å². The van der Waals surface area contributed by atoms with E-state index >= 15 is 0 Å². The van der Waals surface area contributed by atoms with Gasteiger partial charge in [-0.1, -0.05) is 62.0 Å². The number of anilines is 1. The van der Waals surface area contributed by atoms with Crippen molar-refractivity contribution in [1.29, 1.82) is 0 Å². The van der Waals surface area contributed by atoms with Crippen molar-refractivity contribution in [2.75, 3.05) is 44.0 Å². The zero-order valence-corrected chi connectivity index (χ0v) is 20.8. The van der Waals surface area contributed by atoms with Crippen molar-refractivity contribution in [2.24, 2.45) is 0 Å². The maximum Gasteiger partial charge on any atom is 0.167 e. The third kappa shape index (κ3) is 4.48. The Bertz CT molecular complexity index is 1250. The molecule has 5 rings (SSSR count). The van der Waals surface area contributed by atoms with Crippen molar-refractivity contribution >= 4 is 34.1 Å². The second-order valence-electron chi connectivity index (χ2n) is 9.34. The highest BCUT2D eigenvalue weighted by atomic mass is 32.2. The highest BCUT2D eigenvalue weighted by Gasteiger charge is 2.38. The Hall–Kier alpha value is -2.74. The van der Waals surface area contributed by atoms with Gasteiger partial charge in [0, 0.05) is 48.4 Å². The summed E-state index contributed by atoms with van der Waals surface area (Å²) in [6, 6.07) is 16.4. The van der Waals surface area contributed by atoms with Gasteiger partial charge in [0.15, 0.2) is 5.78 Å². The van der Waals surface area contributed by atoms with Crippen LogP contribution in [0.2, 0.25) is 0 Å². The SMILES string of the molecule is CN1C(=CC(=O)CSc2nc(CN3CCOCC3)nc3ccccc23)C(C)(C)c2ccccc21. The average molecular weight is 475 g/mol. The van der Waals surface area contributed by atoms with Crippen molar-refractivity contribution in [1.82, 2.24) is 14.9 Å². The molecule has 1 aromatic heterocycles. The van der Waals surface area contributed by atoms with Crippen LogP contribution in [0.15, 0.2) is 65.3 Å². The van der Waals surface area contributed by atoms with E-state index in [2.05, 4.69) is 41.8 Å². The van der Waals surface area contributed by atoms with E-state index in [0.29, 0.717) is 12.3 Å². The molecule has 176 valence electrons. The number of ketones is 1. The topological polar surface area (TPSA) is 58.6 Å². The van der Waals surface area contributed by atoms with E-state index in [1.807, 2.05) is 43.5 Å². The number of fused-ring (bicyclic) bond motifs is 2. The Labute approximate surface area is 205 Å². The summed E-state index contributed by atoms with van der Waals surface area (Å²) < 4.78 is 5.46.